The smallest absolute Gasteiger partial charge is 0.179 e. The standard InChI is InChI=1S/C12H8N2O/c1-2-9-12-11(14-7-13-9)8-5-3-4-6-10(8)15-12/h2-7H,1H2. The summed E-state index contributed by atoms with van der Waals surface area (Å²) in [5, 5.41) is 1.01. The van der Waals surface area contributed by atoms with Crippen LogP contribution in [0.25, 0.3) is 28.1 Å². The molecule has 1 aromatic carbocycles. The monoisotopic (exact) mass is 196 g/mol. The number of rotatable bonds is 1. The lowest BCUT2D eigenvalue weighted by molar-refractivity contribution is 0.664. The van der Waals surface area contributed by atoms with E-state index >= 15 is 0 Å². The SMILES string of the molecule is C=Cc1ncnc2c1oc1ccccc12. The van der Waals surface area contributed by atoms with Crippen molar-refractivity contribution in [1.82, 2.24) is 9.97 Å². The van der Waals surface area contributed by atoms with Gasteiger partial charge in [0.05, 0.1) is 0 Å². The van der Waals surface area contributed by atoms with Gasteiger partial charge in [0, 0.05) is 5.39 Å². The third-order valence-electron chi connectivity index (χ3n) is 2.38. The van der Waals surface area contributed by atoms with E-state index in [9.17, 15) is 0 Å². The molecule has 3 aromatic rings. The van der Waals surface area contributed by atoms with Crippen molar-refractivity contribution in [2.45, 2.75) is 0 Å². The third-order valence-corrected chi connectivity index (χ3v) is 2.38. The maximum absolute atomic E-state index is 5.68. The van der Waals surface area contributed by atoms with Crippen LogP contribution in [0, 0.1) is 0 Å². The number of aromatic nitrogens is 2. The highest BCUT2D eigenvalue weighted by Gasteiger charge is 2.09. The fourth-order valence-electron chi connectivity index (χ4n) is 1.69. The Morgan fingerprint density at radius 3 is 2.93 bits per heavy atom. The van der Waals surface area contributed by atoms with Crippen molar-refractivity contribution in [3.05, 3.63) is 42.9 Å². The van der Waals surface area contributed by atoms with E-state index < -0.39 is 0 Å². The predicted molar refractivity (Wildman–Crippen MR) is 59.4 cm³/mol. The van der Waals surface area contributed by atoms with Gasteiger partial charge in [0.1, 0.15) is 23.1 Å². The lowest BCUT2D eigenvalue weighted by Crippen LogP contribution is -1.82. The Morgan fingerprint density at radius 2 is 2.07 bits per heavy atom. The molecule has 2 heterocycles. The van der Waals surface area contributed by atoms with E-state index in [0.29, 0.717) is 5.58 Å². The zero-order valence-electron chi connectivity index (χ0n) is 7.97. The molecule has 3 heteroatoms. The lowest BCUT2D eigenvalue weighted by Gasteiger charge is -1.91. The molecule has 0 radical (unpaired) electrons. The summed E-state index contributed by atoms with van der Waals surface area (Å²) >= 11 is 0. The number of nitrogens with zero attached hydrogens (tertiary/aromatic N) is 2. The Kier molecular flexibility index (Phi) is 1.59. The van der Waals surface area contributed by atoms with Gasteiger partial charge in [-0.1, -0.05) is 18.7 Å². The van der Waals surface area contributed by atoms with Crippen molar-refractivity contribution < 1.29 is 4.42 Å². The Labute approximate surface area is 86.1 Å². The molecule has 0 amide bonds. The second-order valence-electron chi connectivity index (χ2n) is 3.24. The normalized spacial score (nSPS) is 10.9. The highest BCUT2D eigenvalue weighted by atomic mass is 16.3. The van der Waals surface area contributed by atoms with Crippen molar-refractivity contribution in [3.63, 3.8) is 0 Å². The number of para-hydroxylation sites is 1. The van der Waals surface area contributed by atoms with Crippen LogP contribution in [0.15, 0.2) is 41.6 Å². The van der Waals surface area contributed by atoms with Gasteiger partial charge in [-0.25, -0.2) is 9.97 Å². The largest absolute Gasteiger partial charge is 0.452 e. The molecule has 0 spiro atoms. The first kappa shape index (κ1) is 8.17. The van der Waals surface area contributed by atoms with Gasteiger partial charge in [0.25, 0.3) is 0 Å². The highest BCUT2D eigenvalue weighted by molar-refractivity contribution is 6.03. The zero-order chi connectivity index (χ0) is 10.3. The minimum atomic E-state index is 0.703. The van der Waals surface area contributed by atoms with Crippen LogP contribution in [-0.2, 0) is 0 Å². The fourth-order valence-corrected chi connectivity index (χ4v) is 1.69. The summed E-state index contributed by atoms with van der Waals surface area (Å²) in [7, 11) is 0. The van der Waals surface area contributed by atoms with Gasteiger partial charge in [-0.3, -0.25) is 0 Å². The molecule has 0 aliphatic heterocycles. The molecule has 3 nitrogen and oxygen atoms in total. The minimum Gasteiger partial charge on any atom is -0.452 e. The zero-order valence-corrected chi connectivity index (χ0v) is 7.97. The first-order chi connectivity index (χ1) is 7.40. The van der Waals surface area contributed by atoms with E-state index in [2.05, 4.69) is 16.5 Å². The van der Waals surface area contributed by atoms with Gasteiger partial charge in [-0.2, -0.15) is 0 Å². The topological polar surface area (TPSA) is 38.9 Å². The Hall–Kier alpha value is -2.16. The second-order valence-corrected chi connectivity index (χ2v) is 3.24. The molecule has 0 aliphatic rings. The number of furan rings is 1. The van der Waals surface area contributed by atoms with E-state index in [-0.39, 0.29) is 0 Å². The molecule has 0 saturated heterocycles. The van der Waals surface area contributed by atoms with Crippen molar-refractivity contribution in [1.29, 1.82) is 0 Å². The van der Waals surface area contributed by atoms with Crippen LogP contribution in [0.5, 0.6) is 0 Å². The maximum Gasteiger partial charge on any atom is 0.179 e. The summed E-state index contributed by atoms with van der Waals surface area (Å²) in [6, 6.07) is 7.81. The van der Waals surface area contributed by atoms with Crippen molar-refractivity contribution >= 4 is 28.1 Å². The molecule has 2 aromatic heterocycles. The Bertz CT molecular complexity index is 655. The van der Waals surface area contributed by atoms with Crippen LogP contribution in [0.2, 0.25) is 0 Å². The van der Waals surface area contributed by atoms with Crippen LogP contribution in [0.4, 0.5) is 0 Å². The fraction of sp³-hybridized carbons (Fsp3) is 0. The maximum atomic E-state index is 5.68. The van der Waals surface area contributed by atoms with E-state index in [0.717, 1.165) is 22.2 Å². The van der Waals surface area contributed by atoms with Crippen LogP contribution in [0.1, 0.15) is 5.69 Å². The quantitative estimate of drug-likeness (QED) is 0.600. The highest BCUT2D eigenvalue weighted by Crippen LogP contribution is 2.28. The van der Waals surface area contributed by atoms with Gasteiger partial charge in [-0.15, -0.1) is 0 Å². The summed E-state index contributed by atoms with van der Waals surface area (Å²) in [5.74, 6) is 0. The number of hydrogen-bond donors (Lipinski definition) is 0. The third kappa shape index (κ3) is 1.06. The second kappa shape index (κ2) is 2.92. The van der Waals surface area contributed by atoms with Gasteiger partial charge in [0.15, 0.2) is 5.58 Å². The molecule has 72 valence electrons. The van der Waals surface area contributed by atoms with Gasteiger partial charge >= 0.3 is 0 Å². The predicted octanol–water partition coefficient (Wildman–Crippen LogP) is 3.02. The molecular formula is C12H8N2O. The number of hydrogen-bond acceptors (Lipinski definition) is 3. The van der Waals surface area contributed by atoms with Crippen molar-refractivity contribution in [2.75, 3.05) is 0 Å². The number of fused-ring (bicyclic) bond motifs is 3. The Balaban J connectivity index is 2.59. The van der Waals surface area contributed by atoms with E-state index in [1.165, 1.54) is 6.33 Å². The van der Waals surface area contributed by atoms with Crippen LogP contribution < -0.4 is 0 Å². The molecule has 3 rings (SSSR count). The summed E-state index contributed by atoms with van der Waals surface area (Å²) in [4.78, 5) is 8.32. The molecule has 0 bridgehead atoms. The molecule has 0 atom stereocenters. The van der Waals surface area contributed by atoms with Gasteiger partial charge in [0.2, 0.25) is 0 Å². The molecule has 0 N–H and O–H groups in total. The van der Waals surface area contributed by atoms with Crippen LogP contribution >= 0.6 is 0 Å². The number of benzene rings is 1. The average molecular weight is 196 g/mol. The first-order valence-electron chi connectivity index (χ1n) is 4.65. The summed E-state index contributed by atoms with van der Waals surface area (Å²) in [5.41, 5.74) is 3.11. The molecule has 0 saturated carbocycles. The molecule has 0 aliphatic carbocycles. The molecular weight excluding hydrogens is 188 g/mol. The molecule has 0 unspecified atom stereocenters. The first-order valence-corrected chi connectivity index (χ1v) is 4.65. The van der Waals surface area contributed by atoms with Gasteiger partial charge < -0.3 is 4.42 Å². The van der Waals surface area contributed by atoms with E-state index in [1.807, 2.05) is 24.3 Å². The average Bonchev–Trinajstić information content (AvgIpc) is 2.67. The van der Waals surface area contributed by atoms with E-state index in [4.69, 9.17) is 4.42 Å². The summed E-state index contributed by atoms with van der Waals surface area (Å²) in [6.45, 7) is 3.70. The van der Waals surface area contributed by atoms with Crippen LogP contribution in [-0.4, -0.2) is 9.97 Å². The van der Waals surface area contributed by atoms with Crippen LogP contribution in [0.3, 0.4) is 0 Å². The lowest BCUT2D eigenvalue weighted by atomic mass is 10.2. The van der Waals surface area contributed by atoms with Crippen molar-refractivity contribution in [3.8, 4) is 0 Å². The molecule has 15 heavy (non-hydrogen) atoms. The Morgan fingerprint density at radius 1 is 1.20 bits per heavy atom. The minimum absolute atomic E-state index is 0.703. The van der Waals surface area contributed by atoms with Crippen molar-refractivity contribution in [2.24, 2.45) is 0 Å². The van der Waals surface area contributed by atoms with Gasteiger partial charge in [-0.05, 0) is 18.2 Å². The molecule has 0 fully saturated rings. The summed E-state index contributed by atoms with van der Waals surface area (Å²) < 4.78 is 5.68. The summed E-state index contributed by atoms with van der Waals surface area (Å²) in [6.07, 6.45) is 3.20. The van der Waals surface area contributed by atoms with E-state index in [1.54, 1.807) is 6.08 Å².